The predicted octanol–water partition coefficient (Wildman–Crippen LogP) is 3.29. The molecule has 102 valence electrons. The molecule has 3 nitrogen and oxygen atoms in total. The van der Waals surface area contributed by atoms with Gasteiger partial charge >= 0.3 is 0 Å². The van der Waals surface area contributed by atoms with Gasteiger partial charge in [0.05, 0.1) is 6.54 Å². The molecule has 3 heteroatoms. The van der Waals surface area contributed by atoms with Gasteiger partial charge in [0, 0.05) is 23.4 Å². The first kappa shape index (κ1) is 12.7. The molecule has 0 N–H and O–H groups in total. The van der Waals surface area contributed by atoms with Crippen LogP contribution in [-0.4, -0.2) is 18.9 Å². The average Bonchev–Trinajstić information content (AvgIpc) is 2.69. The van der Waals surface area contributed by atoms with Crippen molar-refractivity contribution in [2.24, 2.45) is 0 Å². The average molecular weight is 267 g/mol. The van der Waals surface area contributed by atoms with E-state index in [2.05, 4.69) is 11.0 Å². The molecule has 0 fully saturated rings. The van der Waals surface area contributed by atoms with Crippen LogP contribution in [0.3, 0.4) is 0 Å². The summed E-state index contributed by atoms with van der Waals surface area (Å²) in [4.78, 5) is 14.0. The van der Waals surface area contributed by atoms with E-state index >= 15 is 0 Å². The van der Waals surface area contributed by atoms with Crippen molar-refractivity contribution in [2.75, 3.05) is 18.1 Å². The Morgan fingerprint density at radius 3 is 2.70 bits per heavy atom. The summed E-state index contributed by atoms with van der Waals surface area (Å²) in [7, 11) is 0. The molecule has 0 amide bonds. The molecule has 20 heavy (non-hydrogen) atoms. The van der Waals surface area contributed by atoms with Gasteiger partial charge in [0.2, 0.25) is 0 Å². The highest BCUT2D eigenvalue weighted by Gasteiger charge is 2.18. The molecular formula is C17H17NO2. The largest absolute Gasteiger partial charge is 0.491 e. The van der Waals surface area contributed by atoms with Gasteiger partial charge in [0.15, 0.2) is 5.78 Å². The molecule has 1 heterocycles. The van der Waals surface area contributed by atoms with Gasteiger partial charge in [-0.15, -0.1) is 0 Å². The highest BCUT2D eigenvalue weighted by Crippen LogP contribution is 2.28. The number of Topliss-reactive ketones (excluding diaryl/α,β-unsaturated/α-hetero) is 1. The number of fused-ring (bicyclic) bond motifs is 1. The minimum atomic E-state index is 0.0963. The van der Waals surface area contributed by atoms with Crippen LogP contribution in [0.4, 0.5) is 5.69 Å². The standard InChI is InChI=1S/C17H17NO2/c1-13(19)15-7-3-4-8-16(15)18-10-11-20-17-9-5-2-6-14(17)12-18/h2-9H,10-12H2,1H3. The zero-order chi connectivity index (χ0) is 13.9. The van der Waals surface area contributed by atoms with E-state index in [0.29, 0.717) is 6.61 Å². The summed E-state index contributed by atoms with van der Waals surface area (Å²) in [5.41, 5.74) is 2.91. The van der Waals surface area contributed by atoms with Crippen molar-refractivity contribution in [1.82, 2.24) is 0 Å². The van der Waals surface area contributed by atoms with Gasteiger partial charge < -0.3 is 9.64 Å². The fraction of sp³-hybridized carbons (Fsp3) is 0.235. The lowest BCUT2D eigenvalue weighted by Gasteiger charge is -2.24. The Labute approximate surface area is 118 Å². The van der Waals surface area contributed by atoms with Crippen LogP contribution in [0, 0.1) is 0 Å². The molecule has 0 aliphatic carbocycles. The van der Waals surface area contributed by atoms with Crippen molar-refractivity contribution in [3.8, 4) is 5.75 Å². The Balaban J connectivity index is 1.98. The highest BCUT2D eigenvalue weighted by atomic mass is 16.5. The molecule has 0 radical (unpaired) electrons. The summed E-state index contributed by atoms with van der Waals surface area (Å²) in [5, 5.41) is 0. The maximum absolute atomic E-state index is 11.8. The maximum Gasteiger partial charge on any atom is 0.161 e. The summed E-state index contributed by atoms with van der Waals surface area (Å²) in [6, 6.07) is 15.8. The molecule has 3 rings (SSSR count). The number of anilines is 1. The molecule has 2 aromatic rings. The molecule has 0 atom stereocenters. The van der Waals surface area contributed by atoms with E-state index in [1.54, 1.807) is 6.92 Å². The summed E-state index contributed by atoms with van der Waals surface area (Å²) in [5.74, 6) is 1.04. The number of rotatable bonds is 2. The first-order chi connectivity index (χ1) is 9.75. The number of hydrogen-bond acceptors (Lipinski definition) is 3. The Bertz CT molecular complexity index is 636. The van der Waals surface area contributed by atoms with Crippen molar-refractivity contribution in [3.63, 3.8) is 0 Å². The molecule has 0 unspecified atom stereocenters. The van der Waals surface area contributed by atoms with Crippen molar-refractivity contribution in [3.05, 3.63) is 59.7 Å². The summed E-state index contributed by atoms with van der Waals surface area (Å²) >= 11 is 0. The number of carbonyl (C=O) groups is 1. The normalized spacial score (nSPS) is 14.2. The van der Waals surface area contributed by atoms with E-state index in [1.165, 1.54) is 0 Å². The van der Waals surface area contributed by atoms with E-state index in [-0.39, 0.29) is 5.78 Å². The first-order valence-electron chi connectivity index (χ1n) is 6.81. The van der Waals surface area contributed by atoms with Gasteiger partial charge in [-0.2, -0.15) is 0 Å². The molecule has 2 aromatic carbocycles. The van der Waals surface area contributed by atoms with Crippen molar-refractivity contribution in [2.45, 2.75) is 13.5 Å². The van der Waals surface area contributed by atoms with E-state index in [0.717, 1.165) is 35.7 Å². The van der Waals surface area contributed by atoms with Crippen LogP contribution in [0.2, 0.25) is 0 Å². The predicted molar refractivity (Wildman–Crippen MR) is 79.4 cm³/mol. The fourth-order valence-electron chi connectivity index (χ4n) is 2.58. The second-order valence-corrected chi connectivity index (χ2v) is 4.95. The van der Waals surface area contributed by atoms with Crippen LogP contribution in [0.1, 0.15) is 22.8 Å². The molecule has 0 bridgehead atoms. The second kappa shape index (κ2) is 5.37. The number of ketones is 1. The minimum absolute atomic E-state index is 0.0963. The fourth-order valence-corrected chi connectivity index (χ4v) is 2.58. The first-order valence-corrected chi connectivity index (χ1v) is 6.81. The van der Waals surface area contributed by atoms with Crippen LogP contribution in [0.5, 0.6) is 5.75 Å². The van der Waals surface area contributed by atoms with Gasteiger partial charge in [-0.1, -0.05) is 30.3 Å². The van der Waals surface area contributed by atoms with E-state index in [4.69, 9.17) is 4.74 Å². The molecule has 1 aliphatic rings. The van der Waals surface area contributed by atoms with Gasteiger partial charge in [-0.25, -0.2) is 0 Å². The van der Waals surface area contributed by atoms with Gasteiger partial charge in [-0.05, 0) is 25.1 Å². The number of benzene rings is 2. The van der Waals surface area contributed by atoms with Crippen LogP contribution >= 0.6 is 0 Å². The molecule has 0 aromatic heterocycles. The Morgan fingerprint density at radius 2 is 1.85 bits per heavy atom. The quantitative estimate of drug-likeness (QED) is 0.782. The SMILES string of the molecule is CC(=O)c1ccccc1N1CCOc2ccccc2C1. The van der Waals surface area contributed by atoms with Gasteiger partial charge in [0.25, 0.3) is 0 Å². The molecule has 1 aliphatic heterocycles. The third kappa shape index (κ3) is 2.39. The van der Waals surface area contributed by atoms with E-state index < -0.39 is 0 Å². The van der Waals surface area contributed by atoms with Crippen LogP contribution in [-0.2, 0) is 6.54 Å². The molecular weight excluding hydrogens is 250 g/mol. The van der Waals surface area contributed by atoms with Crippen LogP contribution in [0.15, 0.2) is 48.5 Å². The second-order valence-electron chi connectivity index (χ2n) is 4.95. The lowest BCUT2D eigenvalue weighted by molar-refractivity contribution is 0.101. The molecule has 0 spiro atoms. The number of ether oxygens (including phenoxy) is 1. The van der Waals surface area contributed by atoms with Crippen molar-refractivity contribution in [1.29, 1.82) is 0 Å². The van der Waals surface area contributed by atoms with E-state index in [9.17, 15) is 4.79 Å². The zero-order valence-corrected chi connectivity index (χ0v) is 11.5. The summed E-state index contributed by atoms with van der Waals surface area (Å²) < 4.78 is 5.77. The Morgan fingerprint density at radius 1 is 1.10 bits per heavy atom. The van der Waals surface area contributed by atoms with Gasteiger partial charge in [0.1, 0.15) is 12.4 Å². The zero-order valence-electron chi connectivity index (χ0n) is 11.5. The van der Waals surface area contributed by atoms with Crippen molar-refractivity contribution >= 4 is 11.5 Å². The van der Waals surface area contributed by atoms with Crippen LogP contribution in [0.25, 0.3) is 0 Å². The number of hydrogen-bond donors (Lipinski definition) is 0. The minimum Gasteiger partial charge on any atom is -0.491 e. The summed E-state index contributed by atoms with van der Waals surface area (Å²) in [6.45, 7) is 3.78. The van der Waals surface area contributed by atoms with Crippen LogP contribution < -0.4 is 9.64 Å². The smallest absolute Gasteiger partial charge is 0.161 e. The maximum atomic E-state index is 11.8. The Hall–Kier alpha value is -2.29. The highest BCUT2D eigenvalue weighted by molar-refractivity contribution is 5.99. The molecule has 0 saturated carbocycles. The monoisotopic (exact) mass is 267 g/mol. The Kier molecular flexibility index (Phi) is 3.42. The lowest BCUT2D eigenvalue weighted by Crippen LogP contribution is -2.26. The van der Waals surface area contributed by atoms with Crippen molar-refractivity contribution < 1.29 is 9.53 Å². The van der Waals surface area contributed by atoms with E-state index in [1.807, 2.05) is 42.5 Å². The topological polar surface area (TPSA) is 29.5 Å². The molecule has 0 saturated heterocycles. The number of nitrogens with zero attached hydrogens (tertiary/aromatic N) is 1. The number of para-hydroxylation sites is 2. The van der Waals surface area contributed by atoms with Gasteiger partial charge in [-0.3, -0.25) is 4.79 Å². The third-order valence-corrected chi connectivity index (χ3v) is 3.58. The lowest BCUT2D eigenvalue weighted by atomic mass is 10.1. The third-order valence-electron chi connectivity index (χ3n) is 3.58. The number of carbonyl (C=O) groups excluding carboxylic acids is 1. The summed E-state index contributed by atoms with van der Waals surface area (Å²) in [6.07, 6.45) is 0.